The summed E-state index contributed by atoms with van der Waals surface area (Å²) in [5.74, 6) is 0.675. The van der Waals surface area contributed by atoms with Gasteiger partial charge in [0.1, 0.15) is 5.75 Å². The number of ether oxygens (including phenoxy) is 1. The molecule has 0 amide bonds. The average Bonchev–Trinajstić information content (AvgIpc) is 2.26. The van der Waals surface area contributed by atoms with Gasteiger partial charge in [-0.1, -0.05) is 18.2 Å². The number of nitrogens with zero attached hydrogens (tertiary/aromatic N) is 1. The summed E-state index contributed by atoms with van der Waals surface area (Å²) >= 11 is 0. The SMILES string of the molecule is CN(C1CCc2ccccc2O1)S(=O)(=O)O. The van der Waals surface area contributed by atoms with E-state index in [1.165, 1.54) is 7.05 Å². The zero-order valence-corrected chi connectivity index (χ0v) is 9.64. The van der Waals surface area contributed by atoms with E-state index in [2.05, 4.69) is 0 Å². The van der Waals surface area contributed by atoms with Gasteiger partial charge in [-0.05, 0) is 18.1 Å². The second-order valence-electron chi connectivity index (χ2n) is 3.71. The van der Waals surface area contributed by atoms with Crippen LogP contribution in [-0.2, 0) is 16.7 Å². The minimum Gasteiger partial charge on any atom is -0.474 e. The minimum absolute atomic E-state index is 0.535. The molecule has 1 N–H and O–H groups in total. The zero-order chi connectivity index (χ0) is 11.8. The molecule has 16 heavy (non-hydrogen) atoms. The van der Waals surface area contributed by atoms with Crippen molar-refractivity contribution in [3.63, 3.8) is 0 Å². The molecule has 0 radical (unpaired) electrons. The fraction of sp³-hybridized carbons (Fsp3) is 0.400. The van der Waals surface area contributed by atoms with Crippen LogP contribution in [0.2, 0.25) is 0 Å². The number of para-hydroxylation sites is 1. The maximum Gasteiger partial charge on any atom is 0.338 e. The molecule has 0 fully saturated rings. The Morgan fingerprint density at radius 3 is 2.81 bits per heavy atom. The number of fused-ring (bicyclic) bond motifs is 1. The van der Waals surface area contributed by atoms with Gasteiger partial charge >= 0.3 is 10.3 Å². The first kappa shape index (κ1) is 11.4. The third-order valence-electron chi connectivity index (χ3n) is 2.67. The third kappa shape index (κ3) is 2.18. The molecule has 0 aromatic heterocycles. The first-order chi connectivity index (χ1) is 7.48. The Kier molecular flexibility index (Phi) is 2.88. The molecule has 1 aliphatic rings. The third-order valence-corrected chi connectivity index (χ3v) is 3.63. The van der Waals surface area contributed by atoms with E-state index in [4.69, 9.17) is 9.29 Å². The molecule has 1 unspecified atom stereocenters. The minimum atomic E-state index is -4.20. The monoisotopic (exact) mass is 243 g/mol. The predicted molar refractivity (Wildman–Crippen MR) is 58.5 cm³/mol. The van der Waals surface area contributed by atoms with Gasteiger partial charge in [0, 0.05) is 13.5 Å². The summed E-state index contributed by atoms with van der Waals surface area (Å²) in [6, 6.07) is 7.47. The predicted octanol–water partition coefficient (Wildman–Crippen LogP) is 1.07. The summed E-state index contributed by atoms with van der Waals surface area (Å²) in [6.07, 6.45) is 0.637. The van der Waals surface area contributed by atoms with Crippen molar-refractivity contribution in [2.24, 2.45) is 0 Å². The van der Waals surface area contributed by atoms with Crippen LogP contribution in [-0.4, -0.2) is 30.6 Å². The molecule has 0 aliphatic carbocycles. The molecule has 0 spiro atoms. The molecule has 1 aromatic rings. The molecular formula is C10H13NO4S. The highest BCUT2D eigenvalue weighted by Gasteiger charge is 2.29. The largest absolute Gasteiger partial charge is 0.474 e. The maximum absolute atomic E-state index is 10.9. The van der Waals surface area contributed by atoms with Gasteiger partial charge in [0.15, 0.2) is 6.23 Å². The van der Waals surface area contributed by atoms with Crippen molar-refractivity contribution in [3.8, 4) is 5.75 Å². The van der Waals surface area contributed by atoms with E-state index in [1.54, 1.807) is 6.07 Å². The van der Waals surface area contributed by atoms with E-state index in [0.717, 1.165) is 16.3 Å². The second kappa shape index (κ2) is 4.04. The lowest BCUT2D eigenvalue weighted by molar-refractivity contribution is 0.0760. The molecule has 1 aromatic carbocycles. The summed E-state index contributed by atoms with van der Waals surface area (Å²) in [5, 5.41) is 0. The lowest BCUT2D eigenvalue weighted by atomic mass is 10.1. The van der Waals surface area contributed by atoms with Crippen molar-refractivity contribution in [1.82, 2.24) is 4.31 Å². The van der Waals surface area contributed by atoms with E-state index < -0.39 is 16.5 Å². The van der Waals surface area contributed by atoms with Crippen molar-refractivity contribution in [3.05, 3.63) is 29.8 Å². The Hall–Kier alpha value is -1.11. The molecule has 1 aliphatic heterocycles. The number of rotatable bonds is 2. The van der Waals surface area contributed by atoms with Crippen molar-refractivity contribution < 1.29 is 17.7 Å². The molecule has 1 atom stereocenters. The average molecular weight is 243 g/mol. The Morgan fingerprint density at radius 2 is 2.12 bits per heavy atom. The van der Waals surface area contributed by atoms with Crippen LogP contribution < -0.4 is 4.74 Å². The van der Waals surface area contributed by atoms with Crippen LogP contribution in [0.25, 0.3) is 0 Å². The Labute approximate surface area is 94.5 Å². The normalized spacial score (nSPS) is 20.3. The first-order valence-corrected chi connectivity index (χ1v) is 6.33. The highest BCUT2D eigenvalue weighted by atomic mass is 32.2. The molecule has 0 saturated carbocycles. The smallest absolute Gasteiger partial charge is 0.338 e. The van der Waals surface area contributed by atoms with E-state index in [9.17, 15) is 8.42 Å². The molecule has 6 heteroatoms. The van der Waals surface area contributed by atoms with E-state index in [-0.39, 0.29) is 0 Å². The number of benzene rings is 1. The Balaban J connectivity index is 2.20. The summed E-state index contributed by atoms with van der Waals surface area (Å²) in [5.41, 5.74) is 1.06. The van der Waals surface area contributed by atoms with Crippen molar-refractivity contribution in [1.29, 1.82) is 0 Å². The van der Waals surface area contributed by atoms with Gasteiger partial charge in [-0.2, -0.15) is 8.42 Å². The quantitative estimate of drug-likeness (QED) is 0.789. The van der Waals surface area contributed by atoms with Gasteiger partial charge in [0.05, 0.1) is 0 Å². The maximum atomic E-state index is 10.9. The van der Waals surface area contributed by atoms with Crippen LogP contribution in [0.1, 0.15) is 12.0 Å². The highest BCUT2D eigenvalue weighted by molar-refractivity contribution is 7.83. The Morgan fingerprint density at radius 1 is 1.44 bits per heavy atom. The van der Waals surface area contributed by atoms with Crippen LogP contribution >= 0.6 is 0 Å². The number of hydrogen-bond donors (Lipinski definition) is 1. The topological polar surface area (TPSA) is 66.8 Å². The summed E-state index contributed by atoms with van der Waals surface area (Å²) in [4.78, 5) is 0. The lowest BCUT2D eigenvalue weighted by Gasteiger charge is -2.30. The summed E-state index contributed by atoms with van der Waals surface area (Å²) < 4.78 is 37.1. The molecule has 0 bridgehead atoms. The van der Waals surface area contributed by atoms with Crippen molar-refractivity contribution in [2.45, 2.75) is 19.1 Å². The van der Waals surface area contributed by atoms with Crippen LogP contribution in [0.3, 0.4) is 0 Å². The van der Waals surface area contributed by atoms with Crippen LogP contribution in [0.4, 0.5) is 0 Å². The summed E-state index contributed by atoms with van der Waals surface area (Å²) in [6.45, 7) is 0. The molecular weight excluding hydrogens is 230 g/mol. The van der Waals surface area contributed by atoms with Gasteiger partial charge in [-0.25, -0.2) is 0 Å². The van der Waals surface area contributed by atoms with Crippen molar-refractivity contribution >= 4 is 10.3 Å². The van der Waals surface area contributed by atoms with E-state index in [1.807, 2.05) is 18.2 Å². The van der Waals surface area contributed by atoms with Gasteiger partial charge in [0.25, 0.3) is 0 Å². The molecule has 1 heterocycles. The standard InChI is InChI=1S/C10H13NO4S/c1-11(16(12,13)14)10-7-6-8-4-2-3-5-9(8)15-10/h2-5,10H,6-7H2,1H3,(H,12,13,14). The van der Waals surface area contributed by atoms with Crippen LogP contribution in [0.5, 0.6) is 5.75 Å². The number of hydrogen-bond acceptors (Lipinski definition) is 3. The molecule has 5 nitrogen and oxygen atoms in total. The molecule has 0 saturated heterocycles. The lowest BCUT2D eigenvalue weighted by Crippen LogP contribution is -2.42. The number of aryl methyl sites for hydroxylation is 1. The second-order valence-corrected chi connectivity index (χ2v) is 5.18. The fourth-order valence-corrected chi connectivity index (χ4v) is 2.16. The zero-order valence-electron chi connectivity index (χ0n) is 8.83. The molecule has 88 valence electrons. The van der Waals surface area contributed by atoms with Gasteiger partial charge < -0.3 is 4.74 Å². The van der Waals surface area contributed by atoms with Gasteiger partial charge in [-0.3, -0.25) is 4.55 Å². The van der Waals surface area contributed by atoms with Crippen LogP contribution in [0.15, 0.2) is 24.3 Å². The Bertz CT molecular complexity index is 485. The fourth-order valence-electron chi connectivity index (χ4n) is 1.71. The van der Waals surface area contributed by atoms with E-state index in [0.29, 0.717) is 12.2 Å². The van der Waals surface area contributed by atoms with Gasteiger partial charge in [-0.15, -0.1) is 4.31 Å². The van der Waals surface area contributed by atoms with Crippen molar-refractivity contribution in [2.75, 3.05) is 7.05 Å². The molecule has 2 rings (SSSR count). The van der Waals surface area contributed by atoms with E-state index >= 15 is 0 Å². The first-order valence-electron chi connectivity index (χ1n) is 4.93. The highest BCUT2D eigenvalue weighted by Crippen LogP contribution is 2.28. The van der Waals surface area contributed by atoms with Crippen LogP contribution in [0, 0.1) is 0 Å². The summed E-state index contributed by atoms with van der Waals surface area (Å²) in [7, 11) is -2.90. The van der Waals surface area contributed by atoms with Gasteiger partial charge in [0.2, 0.25) is 0 Å².